The van der Waals surface area contributed by atoms with E-state index in [1.165, 1.54) is 12.1 Å². The maximum atomic E-state index is 12.6. The van der Waals surface area contributed by atoms with Gasteiger partial charge in [-0.15, -0.1) is 13.2 Å². The van der Waals surface area contributed by atoms with Crippen molar-refractivity contribution in [3.05, 3.63) is 29.8 Å². The highest BCUT2D eigenvalue weighted by Gasteiger charge is 2.37. The Morgan fingerprint density at radius 3 is 2.51 bits per heavy atom. The molecule has 0 spiro atoms. The van der Waals surface area contributed by atoms with Crippen LogP contribution in [0, 0.1) is 0 Å². The molecule has 0 bridgehead atoms. The van der Waals surface area contributed by atoms with Gasteiger partial charge >= 0.3 is 12.4 Å². The molecule has 1 aromatic carbocycles. The Labute approximate surface area is 204 Å². The van der Waals surface area contributed by atoms with Crippen molar-refractivity contribution in [1.29, 1.82) is 0 Å². The highest BCUT2D eigenvalue weighted by molar-refractivity contribution is 7.88. The van der Waals surface area contributed by atoms with E-state index in [0.717, 1.165) is 24.7 Å². The van der Waals surface area contributed by atoms with E-state index in [0.29, 0.717) is 38.8 Å². The van der Waals surface area contributed by atoms with Crippen LogP contribution in [0.25, 0.3) is 0 Å². The summed E-state index contributed by atoms with van der Waals surface area (Å²) in [5, 5.41) is 2.78. The number of nitrogens with one attached hydrogen (secondary N) is 2. The van der Waals surface area contributed by atoms with Crippen LogP contribution in [0.2, 0.25) is 0 Å². The summed E-state index contributed by atoms with van der Waals surface area (Å²) in [7, 11) is -3.46. The van der Waals surface area contributed by atoms with E-state index in [1.54, 1.807) is 11.0 Å². The predicted molar refractivity (Wildman–Crippen MR) is 125 cm³/mol. The molecule has 1 saturated carbocycles. The van der Waals surface area contributed by atoms with Crippen molar-refractivity contribution in [3.8, 4) is 5.75 Å². The van der Waals surface area contributed by atoms with Crippen LogP contribution >= 0.6 is 0 Å². The minimum atomic E-state index is -4.73. The third kappa shape index (κ3) is 8.53. The van der Waals surface area contributed by atoms with E-state index < -0.39 is 28.5 Å². The van der Waals surface area contributed by atoms with Gasteiger partial charge in [0, 0.05) is 19.1 Å². The first-order valence-corrected chi connectivity index (χ1v) is 13.8. The van der Waals surface area contributed by atoms with Crippen LogP contribution < -0.4 is 14.8 Å². The first-order valence-electron chi connectivity index (χ1n) is 11.9. The van der Waals surface area contributed by atoms with Crippen LogP contribution in [0.4, 0.5) is 18.0 Å². The summed E-state index contributed by atoms with van der Waals surface area (Å²) in [5.41, 5.74) is 0.803. The Bertz CT molecular complexity index is 952. The quantitative estimate of drug-likeness (QED) is 0.543. The summed E-state index contributed by atoms with van der Waals surface area (Å²) in [5.74, 6) is -0.117. The van der Waals surface area contributed by atoms with Crippen molar-refractivity contribution in [2.24, 2.45) is 0 Å². The number of likely N-dealkylation sites (tertiary alicyclic amines) is 1. The zero-order valence-corrected chi connectivity index (χ0v) is 20.8. The average molecular weight is 522 g/mol. The molecule has 1 aliphatic heterocycles. The Morgan fingerprint density at radius 2 is 1.89 bits per heavy atom. The van der Waals surface area contributed by atoms with E-state index in [1.807, 2.05) is 13.0 Å². The molecule has 3 rings (SSSR count). The summed E-state index contributed by atoms with van der Waals surface area (Å²) in [6, 6.07) is 4.99. The minimum Gasteiger partial charge on any atom is -0.406 e. The molecule has 0 radical (unpaired) electrons. The Morgan fingerprint density at radius 1 is 1.17 bits per heavy atom. The molecule has 0 aromatic heterocycles. The van der Waals surface area contributed by atoms with Crippen molar-refractivity contribution >= 4 is 16.1 Å². The Hall–Kier alpha value is -2.05. The van der Waals surface area contributed by atoms with E-state index in [2.05, 4.69) is 14.8 Å². The second kappa shape index (κ2) is 11.8. The van der Waals surface area contributed by atoms with Crippen molar-refractivity contribution in [2.45, 2.75) is 75.9 Å². The van der Waals surface area contributed by atoms with Gasteiger partial charge in [0.1, 0.15) is 5.75 Å². The van der Waals surface area contributed by atoms with Gasteiger partial charge < -0.3 is 19.7 Å². The number of ether oxygens (including phenoxy) is 2. The SMILES string of the molecule is CCNC(=O)N1CCC[C@H](NS(C)(=O)=O)[C@@H]1CO[C@H]1CC[C@@H](c2cccc(OC(F)(F)F)c2)CC1. The van der Waals surface area contributed by atoms with Crippen molar-refractivity contribution in [3.63, 3.8) is 0 Å². The normalized spacial score (nSPS) is 25.8. The van der Waals surface area contributed by atoms with Gasteiger partial charge in [0.05, 0.1) is 25.0 Å². The van der Waals surface area contributed by atoms with Crippen LogP contribution in [-0.2, 0) is 14.8 Å². The van der Waals surface area contributed by atoms with Crippen LogP contribution in [0.3, 0.4) is 0 Å². The van der Waals surface area contributed by atoms with Gasteiger partial charge in [-0.3, -0.25) is 0 Å². The maximum Gasteiger partial charge on any atom is 0.573 e. The van der Waals surface area contributed by atoms with Crippen molar-refractivity contribution < 1.29 is 35.9 Å². The number of alkyl halides is 3. The molecule has 8 nitrogen and oxygen atoms in total. The predicted octanol–water partition coefficient (Wildman–Crippen LogP) is 3.74. The summed E-state index contributed by atoms with van der Waals surface area (Å²) < 4.78 is 74.2. The summed E-state index contributed by atoms with van der Waals surface area (Å²) in [6.45, 7) is 3.01. The molecule has 2 atom stereocenters. The van der Waals surface area contributed by atoms with Gasteiger partial charge in [-0.25, -0.2) is 17.9 Å². The lowest BCUT2D eigenvalue weighted by molar-refractivity contribution is -0.274. The third-order valence-corrected chi connectivity index (χ3v) is 7.20. The number of halogens is 3. The molecular weight excluding hydrogens is 487 g/mol. The Kier molecular flexibility index (Phi) is 9.28. The lowest BCUT2D eigenvalue weighted by Gasteiger charge is -2.42. The number of nitrogens with zero attached hydrogens (tertiary/aromatic N) is 1. The summed E-state index contributed by atoms with van der Waals surface area (Å²) in [4.78, 5) is 14.2. The van der Waals surface area contributed by atoms with E-state index >= 15 is 0 Å². The molecule has 1 aliphatic carbocycles. The summed E-state index contributed by atoms with van der Waals surface area (Å²) in [6.07, 6.45) is 0.522. The van der Waals surface area contributed by atoms with Gasteiger partial charge in [0.25, 0.3) is 0 Å². The molecular formula is C23H34F3N3O5S. The van der Waals surface area contributed by atoms with Crippen LogP contribution in [-0.4, -0.2) is 69.9 Å². The first-order chi connectivity index (χ1) is 16.4. The fraction of sp³-hybridized carbons (Fsp3) is 0.696. The van der Waals surface area contributed by atoms with E-state index in [9.17, 15) is 26.4 Å². The number of urea groups is 1. The molecule has 1 saturated heterocycles. The number of sulfonamides is 1. The molecule has 2 fully saturated rings. The summed E-state index contributed by atoms with van der Waals surface area (Å²) >= 11 is 0. The molecule has 0 unspecified atom stereocenters. The van der Waals surface area contributed by atoms with Gasteiger partial charge in [-0.1, -0.05) is 12.1 Å². The number of piperidine rings is 1. The highest BCUT2D eigenvalue weighted by Crippen LogP contribution is 2.36. The van der Waals surface area contributed by atoms with Gasteiger partial charge in [-0.05, 0) is 69.1 Å². The first kappa shape index (κ1) is 27.5. The highest BCUT2D eigenvalue weighted by atomic mass is 32.2. The molecule has 2 N–H and O–H groups in total. The van der Waals surface area contributed by atoms with Crippen LogP contribution in [0.5, 0.6) is 5.75 Å². The molecule has 1 aromatic rings. The van der Waals surface area contributed by atoms with Crippen LogP contribution in [0.15, 0.2) is 24.3 Å². The maximum absolute atomic E-state index is 12.6. The second-order valence-corrected chi connectivity index (χ2v) is 10.9. The number of carbonyl (C=O) groups excluding carboxylic acids is 1. The lowest BCUT2D eigenvalue weighted by atomic mass is 9.82. The fourth-order valence-corrected chi connectivity index (χ4v) is 5.77. The fourth-order valence-electron chi connectivity index (χ4n) is 4.94. The number of benzene rings is 1. The topological polar surface area (TPSA) is 97.0 Å². The molecule has 2 aliphatic rings. The second-order valence-electron chi connectivity index (χ2n) is 9.16. The minimum absolute atomic E-state index is 0.0715. The van der Waals surface area contributed by atoms with Gasteiger partial charge in [0.15, 0.2) is 0 Å². The average Bonchev–Trinajstić information content (AvgIpc) is 2.76. The molecule has 1 heterocycles. The third-order valence-electron chi connectivity index (χ3n) is 6.47. The number of carbonyl (C=O) groups is 1. The number of hydrogen-bond acceptors (Lipinski definition) is 5. The van der Waals surface area contributed by atoms with E-state index in [4.69, 9.17) is 4.74 Å². The monoisotopic (exact) mass is 521 g/mol. The standard InChI is InChI=1S/C23H34F3N3O5S/c1-3-27-22(30)29-13-5-8-20(28-35(2,31)32)21(29)15-33-18-11-9-16(10-12-18)17-6-4-7-19(14-17)34-23(24,25)26/h4,6-7,14,16,18,20-21,28H,3,5,8-13,15H2,1-2H3,(H,27,30)/t16-,18+,20-,21-/m0/s1. The van der Waals surface area contributed by atoms with Crippen molar-refractivity contribution in [2.75, 3.05) is 26.0 Å². The zero-order chi connectivity index (χ0) is 25.6. The Balaban J connectivity index is 1.59. The number of hydrogen-bond donors (Lipinski definition) is 2. The van der Waals surface area contributed by atoms with Gasteiger partial charge in [-0.2, -0.15) is 0 Å². The molecule has 198 valence electrons. The molecule has 35 heavy (non-hydrogen) atoms. The van der Waals surface area contributed by atoms with Gasteiger partial charge in [0.2, 0.25) is 10.0 Å². The zero-order valence-electron chi connectivity index (χ0n) is 20.0. The van der Waals surface area contributed by atoms with Crippen molar-refractivity contribution in [1.82, 2.24) is 14.9 Å². The lowest BCUT2D eigenvalue weighted by Crippen LogP contribution is -2.60. The van der Waals surface area contributed by atoms with Crippen LogP contribution in [0.1, 0.15) is 56.9 Å². The number of rotatable bonds is 8. The van der Waals surface area contributed by atoms with E-state index in [-0.39, 0.29) is 30.4 Å². The largest absolute Gasteiger partial charge is 0.573 e. The molecule has 2 amide bonds. The number of amides is 2. The smallest absolute Gasteiger partial charge is 0.406 e. The molecule has 12 heteroatoms.